The highest BCUT2D eigenvalue weighted by atomic mass is 32.2. The average Bonchev–Trinajstić information content (AvgIpc) is 3.14. The quantitative estimate of drug-likeness (QED) is 0.670. The molecule has 0 unspecified atom stereocenters. The van der Waals surface area contributed by atoms with Crippen LogP contribution in [0.3, 0.4) is 0 Å². The molecule has 2 aliphatic heterocycles. The minimum atomic E-state index is -3.94. The van der Waals surface area contributed by atoms with Crippen LogP contribution < -0.4 is 5.32 Å². The van der Waals surface area contributed by atoms with E-state index >= 15 is 0 Å². The van der Waals surface area contributed by atoms with Crippen molar-refractivity contribution < 1.29 is 22.4 Å². The molecule has 2 amide bonds. The molecule has 184 valence electrons. The molecule has 0 spiro atoms. The Morgan fingerprint density at radius 1 is 1.00 bits per heavy atom. The first-order valence-electron chi connectivity index (χ1n) is 11.7. The van der Waals surface area contributed by atoms with Crippen LogP contribution in [-0.2, 0) is 14.8 Å². The molecule has 1 aromatic heterocycles. The fourth-order valence-electron chi connectivity index (χ4n) is 4.88. The minimum absolute atomic E-state index is 0.0369. The molecule has 0 bridgehead atoms. The second kappa shape index (κ2) is 9.87. The molecular formula is C24H31FN4O4S. The van der Waals surface area contributed by atoms with Crippen LogP contribution in [0.5, 0.6) is 0 Å². The van der Waals surface area contributed by atoms with Gasteiger partial charge in [-0.3, -0.25) is 9.59 Å². The van der Waals surface area contributed by atoms with E-state index in [1.807, 2.05) is 0 Å². The van der Waals surface area contributed by atoms with E-state index in [0.29, 0.717) is 37.3 Å². The van der Waals surface area contributed by atoms with Crippen LogP contribution in [0.2, 0.25) is 0 Å². The number of nitrogens with one attached hydrogen (secondary N) is 2. The molecule has 2 aliphatic rings. The maximum Gasteiger partial charge on any atom is 0.257 e. The molecule has 0 saturated carbocycles. The molecule has 0 aliphatic carbocycles. The normalized spacial score (nSPS) is 18.1. The number of H-pyrrole nitrogens is 1. The Hall–Kier alpha value is -2.72. The molecule has 2 aromatic rings. The lowest BCUT2D eigenvalue weighted by atomic mass is 9.97. The Morgan fingerprint density at radius 2 is 1.65 bits per heavy atom. The van der Waals surface area contributed by atoms with Gasteiger partial charge in [-0.05, 0) is 58.1 Å². The standard InChI is InChI=1S/C24H31FN4O4S/c1-16-21(24(31)28-12-6-3-7-13-28)22(17(2)26-16)34(32,33)29-14-10-18(11-15-29)23(30)27-20-9-5-4-8-19(20)25/h4-5,8-9,18,26H,3,6-7,10-15H2,1-2H3,(H,27,30). The predicted molar refractivity (Wildman–Crippen MR) is 127 cm³/mol. The first-order valence-corrected chi connectivity index (χ1v) is 13.2. The van der Waals surface area contributed by atoms with Gasteiger partial charge in [0.2, 0.25) is 15.9 Å². The van der Waals surface area contributed by atoms with E-state index < -0.39 is 21.8 Å². The largest absolute Gasteiger partial charge is 0.361 e. The Balaban J connectivity index is 1.49. The van der Waals surface area contributed by atoms with Crippen molar-refractivity contribution in [2.75, 3.05) is 31.5 Å². The van der Waals surface area contributed by atoms with Crippen molar-refractivity contribution in [1.82, 2.24) is 14.2 Å². The van der Waals surface area contributed by atoms with E-state index in [0.717, 1.165) is 19.3 Å². The maximum absolute atomic E-state index is 13.9. The Labute approximate surface area is 199 Å². The number of piperidine rings is 2. The van der Waals surface area contributed by atoms with Gasteiger partial charge in [0.1, 0.15) is 10.7 Å². The summed E-state index contributed by atoms with van der Waals surface area (Å²) in [6.45, 7) is 4.95. The molecule has 4 rings (SSSR count). The third-order valence-electron chi connectivity index (χ3n) is 6.73. The van der Waals surface area contributed by atoms with Crippen LogP contribution in [0.25, 0.3) is 0 Å². The van der Waals surface area contributed by atoms with E-state index in [1.165, 1.54) is 16.4 Å². The number of likely N-dealkylation sites (tertiary alicyclic amines) is 1. The van der Waals surface area contributed by atoms with E-state index in [2.05, 4.69) is 10.3 Å². The smallest absolute Gasteiger partial charge is 0.257 e. The zero-order valence-corrected chi connectivity index (χ0v) is 20.4. The van der Waals surface area contributed by atoms with Crippen LogP contribution in [0.1, 0.15) is 53.8 Å². The first-order chi connectivity index (χ1) is 16.2. The number of rotatable bonds is 5. The Bertz CT molecular complexity index is 1180. The summed E-state index contributed by atoms with van der Waals surface area (Å²) in [4.78, 5) is 30.7. The van der Waals surface area contributed by atoms with Crippen LogP contribution in [0.4, 0.5) is 10.1 Å². The average molecular weight is 491 g/mol. The number of hydrogen-bond donors (Lipinski definition) is 2. The second-order valence-electron chi connectivity index (χ2n) is 9.08. The summed E-state index contributed by atoms with van der Waals surface area (Å²) < 4.78 is 42.5. The molecule has 1 aromatic carbocycles. The van der Waals surface area contributed by atoms with Crippen LogP contribution in [0.15, 0.2) is 29.2 Å². The SMILES string of the molecule is Cc1[nH]c(C)c(S(=O)(=O)N2CCC(C(=O)Nc3ccccc3F)CC2)c1C(=O)N1CCCCC1. The number of amides is 2. The molecular weight excluding hydrogens is 459 g/mol. The number of nitrogens with zero attached hydrogens (tertiary/aromatic N) is 2. The first kappa shape index (κ1) is 24.4. The summed E-state index contributed by atoms with van der Waals surface area (Å²) in [6.07, 6.45) is 3.53. The van der Waals surface area contributed by atoms with Crippen molar-refractivity contribution in [2.45, 2.75) is 50.8 Å². The lowest BCUT2D eigenvalue weighted by Crippen LogP contribution is -2.42. The zero-order chi connectivity index (χ0) is 24.5. The number of carbonyl (C=O) groups is 2. The number of aryl methyl sites for hydroxylation is 2. The van der Waals surface area contributed by atoms with Crippen LogP contribution in [-0.4, -0.2) is 60.6 Å². The van der Waals surface area contributed by atoms with Crippen molar-refractivity contribution in [2.24, 2.45) is 5.92 Å². The van der Waals surface area contributed by atoms with Crippen molar-refractivity contribution in [1.29, 1.82) is 0 Å². The summed E-state index contributed by atoms with van der Waals surface area (Å²) in [5.41, 5.74) is 1.32. The Kier molecular flexibility index (Phi) is 7.09. The van der Waals surface area contributed by atoms with Gasteiger partial charge in [0.25, 0.3) is 5.91 Å². The number of anilines is 1. The summed E-state index contributed by atoms with van der Waals surface area (Å²) in [6, 6.07) is 5.95. The summed E-state index contributed by atoms with van der Waals surface area (Å²) in [7, 11) is -3.94. The maximum atomic E-state index is 13.9. The number of aromatic nitrogens is 1. The van der Waals surface area contributed by atoms with Gasteiger partial charge in [0, 0.05) is 43.5 Å². The molecule has 0 radical (unpaired) electrons. The fourth-order valence-corrected chi connectivity index (χ4v) is 6.76. The highest BCUT2D eigenvalue weighted by Crippen LogP contribution is 2.31. The van der Waals surface area contributed by atoms with Crippen LogP contribution in [0, 0.1) is 25.6 Å². The van der Waals surface area contributed by atoms with Gasteiger partial charge in [0.15, 0.2) is 0 Å². The van der Waals surface area contributed by atoms with E-state index in [-0.39, 0.29) is 41.1 Å². The third-order valence-corrected chi connectivity index (χ3v) is 8.80. The molecule has 2 fully saturated rings. The minimum Gasteiger partial charge on any atom is -0.361 e. The number of hydrogen-bond acceptors (Lipinski definition) is 4. The van der Waals surface area contributed by atoms with Gasteiger partial charge in [-0.15, -0.1) is 0 Å². The van der Waals surface area contributed by atoms with Crippen molar-refractivity contribution >= 4 is 27.5 Å². The van der Waals surface area contributed by atoms with Gasteiger partial charge in [-0.1, -0.05) is 12.1 Å². The molecule has 3 heterocycles. The topological polar surface area (TPSA) is 103 Å². The van der Waals surface area contributed by atoms with Gasteiger partial charge >= 0.3 is 0 Å². The third kappa shape index (κ3) is 4.74. The number of benzene rings is 1. The van der Waals surface area contributed by atoms with Crippen molar-refractivity contribution in [3.05, 3.63) is 47.0 Å². The fraction of sp³-hybridized carbons (Fsp3) is 0.500. The number of carbonyl (C=O) groups excluding carboxylic acids is 2. The van der Waals surface area contributed by atoms with Crippen molar-refractivity contribution in [3.63, 3.8) is 0 Å². The highest BCUT2D eigenvalue weighted by molar-refractivity contribution is 7.89. The Morgan fingerprint density at radius 3 is 2.29 bits per heavy atom. The number of sulfonamides is 1. The molecule has 0 atom stereocenters. The number of aromatic amines is 1. The molecule has 8 nitrogen and oxygen atoms in total. The van der Waals surface area contributed by atoms with E-state index in [9.17, 15) is 22.4 Å². The lowest BCUT2D eigenvalue weighted by molar-refractivity contribution is -0.120. The number of para-hydroxylation sites is 1. The number of halogens is 1. The van der Waals surface area contributed by atoms with Gasteiger partial charge in [-0.25, -0.2) is 12.8 Å². The van der Waals surface area contributed by atoms with E-state index in [1.54, 1.807) is 30.9 Å². The van der Waals surface area contributed by atoms with E-state index in [4.69, 9.17) is 0 Å². The highest BCUT2D eigenvalue weighted by Gasteiger charge is 2.38. The molecule has 2 saturated heterocycles. The zero-order valence-electron chi connectivity index (χ0n) is 19.6. The summed E-state index contributed by atoms with van der Waals surface area (Å²) in [5.74, 6) is -1.51. The molecule has 34 heavy (non-hydrogen) atoms. The lowest BCUT2D eigenvalue weighted by Gasteiger charge is -2.31. The van der Waals surface area contributed by atoms with Crippen LogP contribution >= 0.6 is 0 Å². The van der Waals surface area contributed by atoms with Crippen molar-refractivity contribution in [3.8, 4) is 0 Å². The monoisotopic (exact) mass is 490 g/mol. The summed E-state index contributed by atoms with van der Waals surface area (Å²) >= 11 is 0. The van der Waals surface area contributed by atoms with Gasteiger partial charge < -0.3 is 15.2 Å². The summed E-state index contributed by atoms with van der Waals surface area (Å²) in [5, 5.41) is 2.60. The van der Waals surface area contributed by atoms with Gasteiger partial charge in [0.05, 0.1) is 11.3 Å². The predicted octanol–water partition coefficient (Wildman–Crippen LogP) is 3.44. The molecule has 2 N–H and O–H groups in total. The molecule has 10 heteroatoms. The second-order valence-corrected chi connectivity index (χ2v) is 11.0. The van der Waals surface area contributed by atoms with Gasteiger partial charge in [-0.2, -0.15) is 4.31 Å².